The quantitative estimate of drug-likeness (QED) is 0.844. The average Bonchev–Trinajstić information content (AvgIpc) is 2.38. The first-order valence-corrected chi connectivity index (χ1v) is 6.06. The van der Waals surface area contributed by atoms with Gasteiger partial charge in [0.05, 0.1) is 18.2 Å². The number of anilines is 1. The van der Waals surface area contributed by atoms with E-state index in [0.717, 1.165) is 12.8 Å². The number of piperidine rings is 1. The van der Waals surface area contributed by atoms with Crippen LogP contribution >= 0.6 is 0 Å². The summed E-state index contributed by atoms with van der Waals surface area (Å²) in [6.45, 7) is 0.881. The number of para-hydroxylation sites is 1. The van der Waals surface area contributed by atoms with E-state index in [9.17, 15) is 14.3 Å². The van der Waals surface area contributed by atoms with Crippen LogP contribution in [0.15, 0.2) is 18.2 Å². The lowest BCUT2D eigenvalue weighted by Crippen LogP contribution is -2.41. The number of hydrogen-bond acceptors (Lipinski definition) is 3. The molecule has 5 heteroatoms. The molecule has 1 saturated heterocycles. The van der Waals surface area contributed by atoms with E-state index in [4.69, 9.17) is 5.73 Å². The number of nitrogens with two attached hydrogens (primary N) is 1. The fourth-order valence-corrected chi connectivity index (χ4v) is 2.45. The van der Waals surface area contributed by atoms with Crippen LogP contribution in [-0.4, -0.2) is 24.1 Å². The number of halogens is 1. The first kappa shape index (κ1) is 12.8. The van der Waals surface area contributed by atoms with Crippen molar-refractivity contribution in [1.29, 1.82) is 0 Å². The second-order valence-corrected chi connectivity index (χ2v) is 4.59. The molecular weight excluding hydrogens is 235 g/mol. The molecule has 4 nitrogen and oxygen atoms in total. The topological polar surface area (TPSA) is 66.6 Å². The summed E-state index contributed by atoms with van der Waals surface area (Å²) >= 11 is 0. The van der Waals surface area contributed by atoms with Gasteiger partial charge >= 0.3 is 0 Å². The molecule has 2 rings (SSSR count). The van der Waals surface area contributed by atoms with Gasteiger partial charge in [-0.15, -0.1) is 0 Å². The van der Waals surface area contributed by atoms with Crippen molar-refractivity contribution in [3.63, 3.8) is 0 Å². The standard InChI is InChI=1S/C13H17FN2O2/c14-11-5-1-3-10(8-17)12(11)16-6-2-4-9(7-16)13(15)18/h1,3,5,9,17H,2,4,6-8H2,(H2,15,18). The Bertz CT molecular complexity index is 451. The predicted octanol–water partition coefficient (Wildman–Crippen LogP) is 1.02. The summed E-state index contributed by atoms with van der Waals surface area (Å²) in [6, 6.07) is 4.62. The number of nitrogens with zero attached hydrogens (tertiary/aromatic N) is 1. The highest BCUT2D eigenvalue weighted by atomic mass is 19.1. The van der Waals surface area contributed by atoms with E-state index >= 15 is 0 Å². The number of carbonyl (C=O) groups is 1. The molecule has 0 bridgehead atoms. The normalized spacial score (nSPS) is 19.9. The highest BCUT2D eigenvalue weighted by Crippen LogP contribution is 2.29. The maximum Gasteiger partial charge on any atom is 0.222 e. The molecule has 18 heavy (non-hydrogen) atoms. The zero-order valence-electron chi connectivity index (χ0n) is 10.1. The Balaban J connectivity index is 2.28. The molecule has 0 spiro atoms. The molecule has 3 N–H and O–H groups in total. The number of aliphatic hydroxyl groups excluding tert-OH is 1. The number of hydrogen-bond donors (Lipinski definition) is 2. The number of primary amides is 1. The molecule has 0 saturated carbocycles. The van der Waals surface area contributed by atoms with Gasteiger partial charge in [0.1, 0.15) is 5.82 Å². The molecule has 1 aromatic carbocycles. The molecule has 1 atom stereocenters. The van der Waals surface area contributed by atoms with Crippen molar-refractivity contribution in [2.24, 2.45) is 11.7 Å². The Labute approximate surface area is 105 Å². The van der Waals surface area contributed by atoms with E-state index in [0.29, 0.717) is 24.3 Å². The minimum Gasteiger partial charge on any atom is -0.392 e. The van der Waals surface area contributed by atoms with Gasteiger partial charge in [-0.2, -0.15) is 0 Å². The number of aliphatic hydroxyl groups is 1. The first-order valence-electron chi connectivity index (χ1n) is 6.06. The monoisotopic (exact) mass is 252 g/mol. The minimum absolute atomic E-state index is 0.217. The Kier molecular flexibility index (Phi) is 3.81. The summed E-state index contributed by atoms with van der Waals surface area (Å²) < 4.78 is 13.9. The summed E-state index contributed by atoms with van der Waals surface area (Å²) in [4.78, 5) is 13.0. The van der Waals surface area contributed by atoms with Crippen LogP contribution in [0.2, 0.25) is 0 Å². The fraction of sp³-hybridized carbons (Fsp3) is 0.462. The molecule has 1 aromatic rings. The van der Waals surface area contributed by atoms with Crippen LogP contribution in [0.1, 0.15) is 18.4 Å². The largest absolute Gasteiger partial charge is 0.392 e. The van der Waals surface area contributed by atoms with Gasteiger partial charge in [-0.1, -0.05) is 12.1 Å². The van der Waals surface area contributed by atoms with Gasteiger partial charge in [-0.25, -0.2) is 4.39 Å². The minimum atomic E-state index is -0.369. The van der Waals surface area contributed by atoms with Crippen LogP contribution in [0.3, 0.4) is 0 Å². The van der Waals surface area contributed by atoms with Gasteiger partial charge in [0.15, 0.2) is 0 Å². The van der Waals surface area contributed by atoms with E-state index in [1.807, 2.05) is 0 Å². The van der Waals surface area contributed by atoms with Gasteiger partial charge in [0.25, 0.3) is 0 Å². The molecule has 1 unspecified atom stereocenters. The second kappa shape index (κ2) is 5.35. The van der Waals surface area contributed by atoms with Crippen LogP contribution in [0.25, 0.3) is 0 Å². The smallest absolute Gasteiger partial charge is 0.222 e. The maximum absolute atomic E-state index is 13.9. The van der Waals surface area contributed by atoms with E-state index in [2.05, 4.69) is 0 Å². The highest BCUT2D eigenvalue weighted by molar-refractivity contribution is 5.77. The summed E-state index contributed by atoms with van der Waals surface area (Å²) in [5, 5.41) is 9.26. The summed E-state index contributed by atoms with van der Waals surface area (Å²) in [5.41, 5.74) is 6.24. The third-order valence-electron chi connectivity index (χ3n) is 3.38. The number of amides is 1. The van der Waals surface area contributed by atoms with Crippen molar-refractivity contribution < 1.29 is 14.3 Å². The number of benzene rings is 1. The van der Waals surface area contributed by atoms with Crippen molar-refractivity contribution in [2.45, 2.75) is 19.4 Å². The number of carbonyl (C=O) groups excluding carboxylic acids is 1. The van der Waals surface area contributed by atoms with Crippen molar-refractivity contribution in [3.8, 4) is 0 Å². The number of rotatable bonds is 3. The third kappa shape index (κ3) is 2.46. The molecule has 0 aliphatic carbocycles. The van der Waals surface area contributed by atoms with E-state index < -0.39 is 0 Å². The highest BCUT2D eigenvalue weighted by Gasteiger charge is 2.26. The zero-order chi connectivity index (χ0) is 13.1. The van der Waals surface area contributed by atoms with Crippen LogP contribution in [0.5, 0.6) is 0 Å². The van der Waals surface area contributed by atoms with Gasteiger partial charge in [0, 0.05) is 18.7 Å². The van der Waals surface area contributed by atoms with Crippen LogP contribution in [0, 0.1) is 11.7 Å². The van der Waals surface area contributed by atoms with Gasteiger partial charge in [-0.05, 0) is 18.9 Å². The Hall–Kier alpha value is -1.62. The van der Waals surface area contributed by atoms with Crippen LogP contribution in [0.4, 0.5) is 10.1 Å². The first-order chi connectivity index (χ1) is 8.63. The van der Waals surface area contributed by atoms with Gasteiger partial charge in [0.2, 0.25) is 5.91 Å². The van der Waals surface area contributed by atoms with Crippen molar-refractivity contribution in [1.82, 2.24) is 0 Å². The maximum atomic E-state index is 13.9. The van der Waals surface area contributed by atoms with Crippen molar-refractivity contribution >= 4 is 11.6 Å². The lowest BCUT2D eigenvalue weighted by Gasteiger charge is -2.34. The summed E-state index contributed by atoms with van der Waals surface area (Å²) in [6.07, 6.45) is 1.54. The second-order valence-electron chi connectivity index (χ2n) is 4.59. The van der Waals surface area contributed by atoms with Crippen LogP contribution in [-0.2, 0) is 11.4 Å². The summed E-state index contributed by atoms with van der Waals surface area (Å²) in [7, 11) is 0. The average molecular weight is 252 g/mol. The van der Waals surface area contributed by atoms with Crippen molar-refractivity contribution in [2.75, 3.05) is 18.0 Å². The van der Waals surface area contributed by atoms with Crippen LogP contribution < -0.4 is 10.6 Å². The summed E-state index contributed by atoms with van der Waals surface area (Å²) in [5.74, 6) is -0.960. The molecular formula is C13H17FN2O2. The fourth-order valence-electron chi connectivity index (χ4n) is 2.45. The lowest BCUT2D eigenvalue weighted by atomic mass is 9.96. The molecule has 0 aromatic heterocycles. The molecule has 0 radical (unpaired) electrons. The van der Waals surface area contributed by atoms with E-state index in [-0.39, 0.29) is 24.2 Å². The molecule has 98 valence electrons. The van der Waals surface area contributed by atoms with E-state index in [1.165, 1.54) is 6.07 Å². The van der Waals surface area contributed by atoms with Crippen molar-refractivity contribution in [3.05, 3.63) is 29.6 Å². The third-order valence-corrected chi connectivity index (χ3v) is 3.38. The van der Waals surface area contributed by atoms with E-state index in [1.54, 1.807) is 17.0 Å². The SMILES string of the molecule is NC(=O)C1CCCN(c2c(F)cccc2CO)C1. The predicted molar refractivity (Wildman–Crippen MR) is 66.5 cm³/mol. The molecule has 1 aliphatic heterocycles. The molecule has 1 fully saturated rings. The zero-order valence-corrected chi connectivity index (χ0v) is 10.1. The van der Waals surface area contributed by atoms with Gasteiger partial charge in [-0.3, -0.25) is 4.79 Å². The molecule has 1 aliphatic rings. The molecule has 1 amide bonds. The Morgan fingerprint density at radius 3 is 3.00 bits per heavy atom. The Morgan fingerprint density at radius 2 is 2.33 bits per heavy atom. The van der Waals surface area contributed by atoms with Gasteiger partial charge < -0.3 is 15.7 Å². The molecule has 1 heterocycles. The Morgan fingerprint density at radius 1 is 1.56 bits per heavy atom. The lowest BCUT2D eigenvalue weighted by molar-refractivity contribution is -0.122.